The minimum atomic E-state index is 0.343. The van der Waals surface area contributed by atoms with Crippen molar-refractivity contribution in [3.63, 3.8) is 0 Å². The molecule has 0 heterocycles. The summed E-state index contributed by atoms with van der Waals surface area (Å²) in [5.74, 6) is 0. The highest BCUT2D eigenvalue weighted by atomic mass is 17.2. The monoisotopic (exact) mass is 88.1 g/mol. The zero-order chi connectivity index (χ0) is 4.83. The molecule has 0 atom stereocenters. The molecule has 0 fully saturated rings. The Hall–Kier alpha value is -0.0800. The van der Waals surface area contributed by atoms with Crippen LogP contribution in [0.2, 0.25) is 0 Å². The molecular formula is C4H8O2. The Kier molecular flexibility index (Phi) is 4.85. The maximum atomic E-state index is 4.31. The van der Waals surface area contributed by atoms with Crippen molar-refractivity contribution < 1.29 is 9.78 Å². The molecule has 0 aliphatic carbocycles. The van der Waals surface area contributed by atoms with Crippen molar-refractivity contribution in [1.82, 2.24) is 0 Å². The summed E-state index contributed by atoms with van der Waals surface area (Å²) >= 11 is 0. The molecule has 0 saturated heterocycles. The highest BCUT2D eigenvalue weighted by Gasteiger charge is 1.72. The van der Waals surface area contributed by atoms with Crippen molar-refractivity contribution in [2.24, 2.45) is 0 Å². The van der Waals surface area contributed by atoms with Crippen molar-refractivity contribution in [1.29, 1.82) is 0 Å². The second-order valence-corrected chi connectivity index (χ2v) is 0.644. The van der Waals surface area contributed by atoms with Gasteiger partial charge in [-0.15, -0.1) is 0 Å². The van der Waals surface area contributed by atoms with E-state index in [1.54, 1.807) is 0 Å². The minimum absolute atomic E-state index is 0.343. The SMILES string of the molecule is [CH2]COOC[CH2]. The van der Waals surface area contributed by atoms with Crippen molar-refractivity contribution in [2.75, 3.05) is 13.2 Å². The van der Waals surface area contributed by atoms with E-state index in [0.717, 1.165) is 0 Å². The Balaban J connectivity index is 2.34. The maximum absolute atomic E-state index is 4.31. The zero-order valence-electron chi connectivity index (χ0n) is 3.64. The van der Waals surface area contributed by atoms with Crippen molar-refractivity contribution in [2.45, 2.75) is 0 Å². The third kappa shape index (κ3) is 3.92. The summed E-state index contributed by atoms with van der Waals surface area (Å²) in [5.41, 5.74) is 0. The van der Waals surface area contributed by atoms with Crippen LogP contribution >= 0.6 is 0 Å². The molecule has 0 aliphatic heterocycles. The zero-order valence-corrected chi connectivity index (χ0v) is 3.64. The molecule has 2 radical (unpaired) electrons. The molecule has 0 amide bonds. The van der Waals surface area contributed by atoms with Crippen LogP contribution in [0.1, 0.15) is 0 Å². The molecule has 0 aromatic carbocycles. The fraction of sp³-hybridized carbons (Fsp3) is 0.500. The largest absolute Gasteiger partial charge is 0.237 e. The first kappa shape index (κ1) is 5.92. The van der Waals surface area contributed by atoms with Gasteiger partial charge in [0.15, 0.2) is 0 Å². The summed E-state index contributed by atoms with van der Waals surface area (Å²) in [4.78, 5) is 8.62. The molecule has 0 aromatic rings. The van der Waals surface area contributed by atoms with Gasteiger partial charge in [0.2, 0.25) is 0 Å². The van der Waals surface area contributed by atoms with Gasteiger partial charge in [0.1, 0.15) is 0 Å². The third-order valence-electron chi connectivity index (χ3n) is 0.250. The predicted octanol–water partition coefficient (Wildman–Crippen LogP) is 0.603. The summed E-state index contributed by atoms with van der Waals surface area (Å²) in [5, 5.41) is 0. The van der Waals surface area contributed by atoms with E-state index in [2.05, 4.69) is 23.6 Å². The van der Waals surface area contributed by atoms with Gasteiger partial charge < -0.3 is 0 Å². The molecule has 2 nitrogen and oxygen atoms in total. The van der Waals surface area contributed by atoms with Crippen LogP contribution in [0, 0.1) is 13.8 Å². The van der Waals surface area contributed by atoms with E-state index in [1.807, 2.05) is 0 Å². The van der Waals surface area contributed by atoms with Crippen LogP contribution in [0.15, 0.2) is 0 Å². The molecule has 0 aliphatic rings. The van der Waals surface area contributed by atoms with Gasteiger partial charge in [0.05, 0.1) is 13.2 Å². The summed E-state index contributed by atoms with van der Waals surface area (Å²) in [6, 6.07) is 0. The van der Waals surface area contributed by atoms with Crippen molar-refractivity contribution >= 4 is 0 Å². The van der Waals surface area contributed by atoms with Gasteiger partial charge in [-0.25, -0.2) is 9.78 Å². The first-order chi connectivity index (χ1) is 2.91. The van der Waals surface area contributed by atoms with Crippen LogP contribution in [0.25, 0.3) is 0 Å². The van der Waals surface area contributed by atoms with Gasteiger partial charge in [0.25, 0.3) is 0 Å². The molecule has 0 aromatic heterocycles. The van der Waals surface area contributed by atoms with Crippen LogP contribution in [0.4, 0.5) is 0 Å². The van der Waals surface area contributed by atoms with Crippen LogP contribution < -0.4 is 0 Å². The molecule has 2 heteroatoms. The summed E-state index contributed by atoms with van der Waals surface area (Å²) in [6.45, 7) is 7.38. The fourth-order valence-corrected chi connectivity index (χ4v) is 0.118. The molecule has 0 bridgehead atoms. The van der Waals surface area contributed by atoms with Gasteiger partial charge in [-0.3, -0.25) is 0 Å². The molecule has 0 saturated carbocycles. The van der Waals surface area contributed by atoms with Gasteiger partial charge in [0, 0.05) is 0 Å². The topological polar surface area (TPSA) is 18.5 Å². The summed E-state index contributed by atoms with van der Waals surface area (Å²) in [6.07, 6.45) is 0. The quantitative estimate of drug-likeness (QED) is 0.286. The first-order valence-corrected chi connectivity index (χ1v) is 1.74. The van der Waals surface area contributed by atoms with Crippen LogP contribution in [0.3, 0.4) is 0 Å². The lowest BCUT2D eigenvalue weighted by Crippen LogP contribution is -1.90. The van der Waals surface area contributed by atoms with Crippen LogP contribution in [-0.4, -0.2) is 13.2 Å². The molecule has 6 heavy (non-hydrogen) atoms. The van der Waals surface area contributed by atoms with Gasteiger partial charge >= 0.3 is 0 Å². The van der Waals surface area contributed by atoms with Crippen LogP contribution in [-0.2, 0) is 9.78 Å². The Bertz CT molecular complexity index is 17.5. The van der Waals surface area contributed by atoms with E-state index in [0.29, 0.717) is 13.2 Å². The lowest BCUT2D eigenvalue weighted by Gasteiger charge is -1.92. The maximum Gasteiger partial charge on any atom is 0.0823 e. The van der Waals surface area contributed by atoms with E-state index >= 15 is 0 Å². The lowest BCUT2D eigenvalue weighted by atomic mass is 10.9. The molecule has 0 rings (SSSR count). The number of rotatable bonds is 3. The average molecular weight is 88.1 g/mol. The molecule has 0 spiro atoms. The fourth-order valence-electron chi connectivity index (χ4n) is 0.118. The molecule has 0 unspecified atom stereocenters. The Morgan fingerprint density at radius 1 is 1.00 bits per heavy atom. The highest BCUT2D eigenvalue weighted by molar-refractivity contribution is 4.23. The van der Waals surface area contributed by atoms with E-state index in [4.69, 9.17) is 0 Å². The Labute approximate surface area is 38.0 Å². The average Bonchev–Trinajstić information content (AvgIpc) is 1.61. The second kappa shape index (κ2) is 4.92. The number of hydrogen-bond donors (Lipinski definition) is 0. The molecule has 36 valence electrons. The molecular weight excluding hydrogens is 80.0 g/mol. The van der Waals surface area contributed by atoms with Gasteiger partial charge in [-0.05, 0) is 13.8 Å². The highest BCUT2D eigenvalue weighted by Crippen LogP contribution is 1.71. The first-order valence-electron chi connectivity index (χ1n) is 1.74. The number of hydrogen-bond acceptors (Lipinski definition) is 2. The van der Waals surface area contributed by atoms with Crippen LogP contribution in [0.5, 0.6) is 0 Å². The summed E-state index contributed by atoms with van der Waals surface area (Å²) in [7, 11) is 0. The summed E-state index contributed by atoms with van der Waals surface area (Å²) < 4.78 is 0. The van der Waals surface area contributed by atoms with E-state index < -0.39 is 0 Å². The van der Waals surface area contributed by atoms with Crippen molar-refractivity contribution in [3.05, 3.63) is 13.8 Å². The Morgan fingerprint density at radius 3 is 1.50 bits per heavy atom. The lowest BCUT2D eigenvalue weighted by molar-refractivity contribution is -0.278. The van der Waals surface area contributed by atoms with Crippen molar-refractivity contribution in [3.8, 4) is 0 Å². The van der Waals surface area contributed by atoms with E-state index in [9.17, 15) is 0 Å². The smallest absolute Gasteiger partial charge is 0.0823 e. The third-order valence-corrected chi connectivity index (χ3v) is 0.250. The van der Waals surface area contributed by atoms with Gasteiger partial charge in [-0.1, -0.05) is 0 Å². The Morgan fingerprint density at radius 2 is 1.33 bits per heavy atom. The minimum Gasteiger partial charge on any atom is -0.237 e. The van der Waals surface area contributed by atoms with E-state index in [1.165, 1.54) is 0 Å². The normalized spacial score (nSPS) is 9.00. The van der Waals surface area contributed by atoms with Gasteiger partial charge in [-0.2, -0.15) is 0 Å². The standard InChI is InChI=1S/C4H8O2/c1-3-5-6-4-2/h1-4H2. The predicted molar refractivity (Wildman–Crippen MR) is 22.6 cm³/mol. The molecule has 0 N–H and O–H groups in total. The van der Waals surface area contributed by atoms with E-state index in [-0.39, 0.29) is 0 Å². The second-order valence-electron chi connectivity index (χ2n) is 0.644.